The quantitative estimate of drug-likeness (QED) is 0.773. The van der Waals surface area contributed by atoms with Gasteiger partial charge in [0.05, 0.1) is 0 Å². The third-order valence-corrected chi connectivity index (χ3v) is 2.99. The first-order chi connectivity index (χ1) is 7.55. The van der Waals surface area contributed by atoms with Gasteiger partial charge in [-0.1, -0.05) is 37.3 Å². The SMILES string of the molecule is CC(CNC(C)(C)CCO)c1ccccc1. The molecule has 0 aromatic heterocycles. The maximum atomic E-state index is 8.94. The fourth-order valence-corrected chi connectivity index (χ4v) is 1.70. The molecule has 1 atom stereocenters. The molecule has 0 saturated carbocycles. The van der Waals surface area contributed by atoms with Gasteiger partial charge in [-0.15, -0.1) is 0 Å². The summed E-state index contributed by atoms with van der Waals surface area (Å²) in [6.07, 6.45) is 0.786. The third-order valence-electron chi connectivity index (χ3n) is 2.99. The van der Waals surface area contributed by atoms with Crippen LogP contribution in [0.5, 0.6) is 0 Å². The molecule has 2 N–H and O–H groups in total. The minimum Gasteiger partial charge on any atom is -0.396 e. The summed E-state index contributed by atoms with van der Waals surface area (Å²) in [6.45, 7) is 7.65. The second-order valence-electron chi connectivity index (χ2n) is 5.05. The van der Waals surface area contributed by atoms with Crippen LogP contribution in [-0.2, 0) is 0 Å². The summed E-state index contributed by atoms with van der Waals surface area (Å²) >= 11 is 0. The molecular weight excluding hydrogens is 198 g/mol. The molecule has 0 aliphatic heterocycles. The van der Waals surface area contributed by atoms with Gasteiger partial charge in [0.25, 0.3) is 0 Å². The minimum absolute atomic E-state index is 0.0117. The van der Waals surface area contributed by atoms with Crippen molar-refractivity contribution in [1.82, 2.24) is 5.32 Å². The first-order valence-electron chi connectivity index (χ1n) is 5.96. The average molecular weight is 221 g/mol. The van der Waals surface area contributed by atoms with Gasteiger partial charge in [0, 0.05) is 18.7 Å². The Kier molecular flexibility index (Phi) is 4.97. The van der Waals surface area contributed by atoms with Gasteiger partial charge in [-0.25, -0.2) is 0 Å². The Morgan fingerprint density at radius 3 is 2.44 bits per heavy atom. The fraction of sp³-hybridized carbons (Fsp3) is 0.571. The molecule has 2 heteroatoms. The van der Waals surface area contributed by atoms with E-state index >= 15 is 0 Å². The third kappa shape index (κ3) is 4.33. The molecule has 16 heavy (non-hydrogen) atoms. The molecule has 0 aliphatic rings. The predicted molar refractivity (Wildman–Crippen MR) is 68.6 cm³/mol. The van der Waals surface area contributed by atoms with E-state index in [1.165, 1.54) is 5.56 Å². The summed E-state index contributed by atoms with van der Waals surface area (Å²) < 4.78 is 0. The van der Waals surface area contributed by atoms with Crippen LogP contribution in [0.25, 0.3) is 0 Å². The van der Waals surface area contributed by atoms with Crippen molar-refractivity contribution in [2.45, 2.75) is 38.6 Å². The Hall–Kier alpha value is -0.860. The summed E-state index contributed by atoms with van der Waals surface area (Å²) in [4.78, 5) is 0. The molecule has 1 aromatic rings. The molecule has 0 spiro atoms. The summed E-state index contributed by atoms with van der Waals surface area (Å²) in [7, 11) is 0. The van der Waals surface area contributed by atoms with Crippen LogP contribution in [0.3, 0.4) is 0 Å². The summed E-state index contributed by atoms with van der Waals surface area (Å²) in [5.41, 5.74) is 1.37. The number of hydrogen-bond donors (Lipinski definition) is 2. The Balaban J connectivity index is 2.44. The van der Waals surface area contributed by atoms with E-state index in [0.29, 0.717) is 5.92 Å². The first-order valence-corrected chi connectivity index (χ1v) is 5.96. The van der Waals surface area contributed by atoms with Crippen molar-refractivity contribution in [2.75, 3.05) is 13.2 Å². The Morgan fingerprint density at radius 2 is 1.88 bits per heavy atom. The Morgan fingerprint density at radius 1 is 1.25 bits per heavy atom. The van der Waals surface area contributed by atoms with E-state index in [1.807, 2.05) is 6.07 Å². The second-order valence-corrected chi connectivity index (χ2v) is 5.05. The van der Waals surface area contributed by atoms with Crippen LogP contribution in [0.1, 0.15) is 38.7 Å². The van der Waals surface area contributed by atoms with Gasteiger partial charge < -0.3 is 10.4 Å². The lowest BCUT2D eigenvalue weighted by atomic mass is 9.97. The molecule has 0 heterocycles. The van der Waals surface area contributed by atoms with Crippen LogP contribution in [0.4, 0.5) is 0 Å². The van der Waals surface area contributed by atoms with Crippen LogP contribution in [0.15, 0.2) is 30.3 Å². The second kappa shape index (κ2) is 6.02. The summed E-state index contributed by atoms with van der Waals surface area (Å²) in [6, 6.07) is 10.5. The first kappa shape index (κ1) is 13.2. The van der Waals surface area contributed by atoms with Crippen molar-refractivity contribution >= 4 is 0 Å². The number of nitrogens with one attached hydrogen (secondary N) is 1. The standard InChI is InChI=1S/C14H23NO/c1-12(13-7-5-4-6-8-13)11-15-14(2,3)9-10-16/h4-8,12,15-16H,9-11H2,1-3H3. The van der Waals surface area contributed by atoms with Crippen LogP contribution in [-0.4, -0.2) is 23.8 Å². The van der Waals surface area contributed by atoms with Gasteiger partial charge in [0.2, 0.25) is 0 Å². The van der Waals surface area contributed by atoms with Gasteiger partial charge in [0.15, 0.2) is 0 Å². The van der Waals surface area contributed by atoms with E-state index in [2.05, 4.69) is 50.4 Å². The number of aliphatic hydroxyl groups excluding tert-OH is 1. The van der Waals surface area contributed by atoms with Crippen molar-refractivity contribution in [1.29, 1.82) is 0 Å². The van der Waals surface area contributed by atoms with Crippen molar-refractivity contribution in [3.63, 3.8) is 0 Å². The van der Waals surface area contributed by atoms with Crippen LogP contribution < -0.4 is 5.32 Å². The molecule has 90 valence electrons. The van der Waals surface area contributed by atoms with Crippen LogP contribution >= 0.6 is 0 Å². The molecule has 0 amide bonds. The van der Waals surface area contributed by atoms with E-state index in [1.54, 1.807) is 0 Å². The van der Waals surface area contributed by atoms with Gasteiger partial charge in [-0.3, -0.25) is 0 Å². The predicted octanol–water partition coefficient (Wildman–Crippen LogP) is 2.54. The monoisotopic (exact) mass is 221 g/mol. The van der Waals surface area contributed by atoms with Gasteiger partial charge >= 0.3 is 0 Å². The summed E-state index contributed by atoms with van der Waals surface area (Å²) in [5, 5.41) is 12.4. The molecule has 0 saturated heterocycles. The zero-order valence-corrected chi connectivity index (χ0v) is 10.5. The van der Waals surface area contributed by atoms with Crippen molar-refractivity contribution in [2.24, 2.45) is 0 Å². The highest BCUT2D eigenvalue weighted by Gasteiger charge is 2.17. The number of aliphatic hydroxyl groups is 1. The molecule has 0 bridgehead atoms. The zero-order valence-electron chi connectivity index (χ0n) is 10.5. The van der Waals surface area contributed by atoms with Gasteiger partial charge in [-0.2, -0.15) is 0 Å². The largest absolute Gasteiger partial charge is 0.396 e. The van der Waals surface area contributed by atoms with E-state index < -0.39 is 0 Å². The normalized spacial score (nSPS) is 13.8. The Bertz CT molecular complexity index is 295. The maximum Gasteiger partial charge on any atom is 0.0448 e. The lowest BCUT2D eigenvalue weighted by Crippen LogP contribution is -2.41. The highest BCUT2D eigenvalue weighted by atomic mass is 16.3. The number of benzene rings is 1. The van der Waals surface area contributed by atoms with Crippen LogP contribution in [0, 0.1) is 0 Å². The molecule has 0 radical (unpaired) electrons. The lowest BCUT2D eigenvalue weighted by molar-refractivity contribution is 0.229. The molecular formula is C14H23NO. The molecule has 1 aromatic carbocycles. The highest BCUT2D eigenvalue weighted by molar-refractivity contribution is 5.19. The molecule has 1 unspecified atom stereocenters. The van der Waals surface area contributed by atoms with E-state index in [0.717, 1.165) is 13.0 Å². The van der Waals surface area contributed by atoms with E-state index in [9.17, 15) is 0 Å². The molecule has 2 nitrogen and oxygen atoms in total. The smallest absolute Gasteiger partial charge is 0.0448 e. The average Bonchev–Trinajstić information content (AvgIpc) is 2.27. The van der Waals surface area contributed by atoms with Crippen molar-refractivity contribution in [3.8, 4) is 0 Å². The molecule has 1 rings (SSSR count). The van der Waals surface area contributed by atoms with Crippen molar-refractivity contribution in [3.05, 3.63) is 35.9 Å². The van der Waals surface area contributed by atoms with E-state index in [-0.39, 0.29) is 12.1 Å². The van der Waals surface area contributed by atoms with Gasteiger partial charge in [-0.05, 0) is 31.7 Å². The number of rotatable bonds is 6. The molecule has 0 aliphatic carbocycles. The van der Waals surface area contributed by atoms with Crippen molar-refractivity contribution < 1.29 is 5.11 Å². The van der Waals surface area contributed by atoms with Crippen LogP contribution in [0.2, 0.25) is 0 Å². The molecule has 0 fully saturated rings. The van der Waals surface area contributed by atoms with E-state index in [4.69, 9.17) is 5.11 Å². The fourth-order valence-electron chi connectivity index (χ4n) is 1.70. The Labute approximate surface area is 98.7 Å². The summed E-state index contributed by atoms with van der Waals surface area (Å²) in [5.74, 6) is 0.499. The maximum absolute atomic E-state index is 8.94. The highest BCUT2D eigenvalue weighted by Crippen LogP contribution is 2.15. The zero-order chi connectivity index (χ0) is 12.0. The minimum atomic E-state index is 0.0117. The lowest BCUT2D eigenvalue weighted by Gasteiger charge is -2.27. The van der Waals surface area contributed by atoms with Gasteiger partial charge in [0.1, 0.15) is 0 Å². The topological polar surface area (TPSA) is 32.3 Å². The number of hydrogen-bond acceptors (Lipinski definition) is 2.